The van der Waals surface area contributed by atoms with Crippen LogP contribution in [0.2, 0.25) is 0 Å². The summed E-state index contributed by atoms with van der Waals surface area (Å²) in [6.45, 7) is 0. The van der Waals surface area contributed by atoms with Crippen LogP contribution in [0.5, 0.6) is 0 Å². The molecule has 0 atom stereocenters. The third-order valence-corrected chi connectivity index (χ3v) is 10.3. The van der Waals surface area contributed by atoms with Crippen LogP contribution in [0.15, 0.2) is 192 Å². The zero-order chi connectivity index (χ0) is 47.9. The van der Waals surface area contributed by atoms with Crippen molar-refractivity contribution in [3.63, 3.8) is 0 Å². The van der Waals surface area contributed by atoms with E-state index in [2.05, 4.69) is 0 Å². The Morgan fingerprint density at radius 3 is 1.67 bits per heavy atom. The highest BCUT2D eigenvalue weighted by molar-refractivity contribution is 6.12. The van der Waals surface area contributed by atoms with Crippen LogP contribution >= 0.6 is 0 Å². The standard InChI is InChI=1S/C51H31N5O/c1-2-15-32(16-3-1)49-52-50(54-51(53-49)56-44-26-11-6-19-37(44)38-20-7-12-27-45(38)56)41-30-29-33(34-22-14-23-40-39-21-8-13-28-47(39)57-48(34)40)31-46(41)55-42-24-9-4-17-35(42)36-18-5-10-25-43(36)55/h1-31H/i4D,5D,6D,7D,17D,18D,19D,20D,24D,25D,26D,27D. The first-order valence-corrected chi connectivity index (χ1v) is 18.1. The van der Waals surface area contributed by atoms with Crippen LogP contribution in [0.1, 0.15) is 16.4 Å². The highest BCUT2D eigenvalue weighted by atomic mass is 16.3. The minimum absolute atomic E-state index is 0.0132. The predicted molar refractivity (Wildman–Crippen MR) is 232 cm³/mol. The Hall–Kier alpha value is -7.83. The first-order chi connectivity index (χ1) is 33.2. The number of fused-ring (bicyclic) bond motifs is 9. The molecule has 12 aromatic rings. The molecular weight excluding hydrogens is 699 g/mol. The second kappa shape index (κ2) is 12.3. The minimum Gasteiger partial charge on any atom is -0.455 e. The third-order valence-electron chi connectivity index (χ3n) is 10.3. The fourth-order valence-corrected chi connectivity index (χ4v) is 7.82. The molecule has 0 amide bonds. The molecule has 6 nitrogen and oxygen atoms in total. The number of rotatable bonds is 5. The average Bonchev–Trinajstić information content (AvgIpc) is 4.04. The molecule has 0 radical (unpaired) electrons. The van der Waals surface area contributed by atoms with E-state index >= 15 is 0 Å². The molecule has 12 rings (SSSR count). The van der Waals surface area contributed by atoms with Crippen LogP contribution in [0.25, 0.3) is 111 Å². The fraction of sp³-hybridized carbons (Fsp3) is 0. The number of nitrogens with zero attached hydrogens (tertiary/aromatic N) is 5. The number of aromatic nitrogens is 5. The van der Waals surface area contributed by atoms with Gasteiger partial charge in [-0.25, -0.2) is 4.98 Å². The van der Waals surface area contributed by atoms with Crippen molar-refractivity contribution < 1.29 is 20.9 Å². The molecule has 0 N–H and O–H groups in total. The maximum atomic E-state index is 9.37. The van der Waals surface area contributed by atoms with E-state index < -0.39 is 0 Å². The first-order valence-electron chi connectivity index (χ1n) is 24.1. The molecule has 4 aromatic heterocycles. The van der Waals surface area contributed by atoms with Gasteiger partial charge in [0.15, 0.2) is 11.6 Å². The lowest BCUT2D eigenvalue weighted by Gasteiger charge is -2.17. The molecule has 57 heavy (non-hydrogen) atoms. The fourth-order valence-electron chi connectivity index (χ4n) is 7.82. The molecule has 0 spiro atoms. The molecule has 0 aliphatic rings. The van der Waals surface area contributed by atoms with E-state index in [1.165, 1.54) is 28.8 Å². The smallest absolute Gasteiger partial charge is 0.238 e. The Labute approximate surface area is 343 Å². The van der Waals surface area contributed by atoms with E-state index in [-0.39, 0.29) is 139 Å². The molecule has 0 unspecified atom stereocenters. The van der Waals surface area contributed by atoms with Gasteiger partial charge in [-0.3, -0.25) is 4.57 Å². The monoisotopic (exact) mass is 741 g/mol. The minimum atomic E-state index is -0.309. The van der Waals surface area contributed by atoms with Gasteiger partial charge in [-0.2, -0.15) is 9.97 Å². The molecular formula is C51H31N5O. The topological polar surface area (TPSA) is 61.7 Å². The second-order valence-corrected chi connectivity index (χ2v) is 13.5. The summed E-state index contributed by atoms with van der Waals surface area (Å²) in [5, 5.41) is 1.89. The summed E-state index contributed by atoms with van der Waals surface area (Å²) in [5.74, 6) is 0.0315. The molecule has 0 bridgehead atoms. The largest absolute Gasteiger partial charge is 0.455 e. The van der Waals surface area contributed by atoms with Gasteiger partial charge in [-0.15, -0.1) is 0 Å². The van der Waals surface area contributed by atoms with Crippen LogP contribution in [0, 0.1) is 0 Å². The van der Waals surface area contributed by atoms with Gasteiger partial charge >= 0.3 is 0 Å². The summed E-state index contributed by atoms with van der Waals surface area (Å²) < 4.78 is 117. The van der Waals surface area contributed by atoms with Crippen LogP contribution < -0.4 is 0 Å². The van der Waals surface area contributed by atoms with Crippen molar-refractivity contribution >= 4 is 65.6 Å². The van der Waals surface area contributed by atoms with Crippen LogP contribution in [-0.2, 0) is 0 Å². The molecule has 0 saturated heterocycles. The number of hydrogen-bond donors (Lipinski definition) is 0. The summed E-state index contributed by atoms with van der Waals surface area (Å²) in [5.41, 5.74) is 3.96. The van der Waals surface area contributed by atoms with Crippen LogP contribution in [-0.4, -0.2) is 24.1 Å². The van der Waals surface area contributed by atoms with Crippen molar-refractivity contribution in [3.05, 3.63) is 188 Å². The molecule has 4 heterocycles. The van der Waals surface area contributed by atoms with Gasteiger partial charge < -0.3 is 8.98 Å². The van der Waals surface area contributed by atoms with Crippen LogP contribution in [0.3, 0.4) is 0 Å². The summed E-state index contributed by atoms with van der Waals surface area (Å²) in [7, 11) is 0. The molecule has 0 aliphatic heterocycles. The van der Waals surface area contributed by atoms with Gasteiger partial charge in [0.1, 0.15) is 11.2 Å². The van der Waals surface area contributed by atoms with Gasteiger partial charge in [-0.1, -0.05) is 145 Å². The Morgan fingerprint density at radius 1 is 0.421 bits per heavy atom. The predicted octanol–water partition coefficient (Wildman–Crippen LogP) is 13.0. The van der Waals surface area contributed by atoms with Crippen LogP contribution in [0.4, 0.5) is 0 Å². The Kier molecular flexibility index (Phi) is 4.74. The van der Waals surface area contributed by atoms with Crippen molar-refractivity contribution in [2.45, 2.75) is 0 Å². The average molecular weight is 742 g/mol. The van der Waals surface area contributed by atoms with Crippen molar-refractivity contribution in [2.75, 3.05) is 0 Å². The molecule has 0 fully saturated rings. The number of benzene rings is 8. The molecule has 0 aliphatic carbocycles. The van der Waals surface area contributed by atoms with E-state index in [1.54, 1.807) is 34.9 Å². The van der Waals surface area contributed by atoms with Crippen molar-refractivity contribution in [2.24, 2.45) is 0 Å². The summed E-state index contributed by atoms with van der Waals surface area (Å²) in [4.78, 5) is 15.1. The van der Waals surface area contributed by atoms with Gasteiger partial charge in [0.25, 0.3) is 0 Å². The summed E-state index contributed by atoms with van der Waals surface area (Å²) in [6.07, 6.45) is 0. The van der Waals surface area contributed by atoms with E-state index in [0.717, 1.165) is 10.8 Å². The number of para-hydroxylation sites is 6. The lowest BCUT2D eigenvalue weighted by molar-refractivity contribution is 0.670. The van der Waals surface area contributed by atoms with Gasteiger partial charge in [0.2, 0.25) is 5.95 Å². The lowest BCUT2D eigenvalue weighted by atomic mass is 9.99. The maximum absolute atomic E-state index is 9.37. The quantitative estimate of drug-likeness (QED) is 0.176. The van der Waals surface area contributed by atoms with Gasteiger partial charge in [-0.05, 0) is 47.9 Å². The normalized spacial score (nSPS) is 14.8. The highest BCUT2D eigenvalue weighted by Gasteiger charge is 2.23. The van der Waals surface area contributed by atoms with Gasteiger partial charge in [0, 0.05) is 49.0 Å². The first kappa shape index (κ1) is 21.9. The molecule has 266 valence electrons. The van der Waals surface area contributed by atoms with E-state index in [9.17, 15) is 5.48 Å². The zero-order valence-corrected chi connectivity index (χ0v) is 29.6. The Balaban J connectivity index is 1.25. The Bertz CT molecular complexity index is 4100. The summed E-state index contributed by atoms with van der Waals surface area (Å²) in [6, 6.07) is 29.6. The van der Waals surface area contributed by atoms with E-state index in [1.807, 2.05) is 60.7 Å². The molecule has 6 heteroatoms. The number of hydrogen-bond acceptors (Lipinski definition) is 4. The van der Waals surface area contributed by atoms with Crippen molar-refractivity contribution in [1.29, 1.82) is 0 Å². The maximum Gasteiger partial charge on any atom is 0.238 e. The van der Waals surface area contributed by atoms with Crippen molar-refractivity contribution in [3.8, 4) is 45.5 Å². The lowest BCUT2D eigenvalue weighted by Crippen LogP contribution is -2.08. The van der Waals surface area contributed by atoms with E-state index in [0.29, 0.717) is 33.4 Å². The van der Waals surface area contributed by atoms with E-state index in [4.69, 9.17) is 30.3 Å². The SMILES string of the molecule is [2H]c1cc([2H])c2c(c1[2H])c1c([2H])c([2H])cc([2H])c1n2-c1nc(-c2ccccc2)nc(-c2ccc(-c3cccc4c3oc3ccccc34)cc2-n2c3c([2H])cc([2H])c([2H])c3c3c([2H])c([2H])cc([2H])c32)n1. The second-order valence-electron chi connectivity index (χ2n) is 13.5. The molecule has 8 aromatic carbocycles. The number of furan rings is 1. The highest BCUT2D eigenvalue weighted by Crippen LogP contribution is 2.41. The zero-order valence-electron chi connectivity index (χ0n) is 41.6. The van der Waals surface area contributed by atoms with Crippen molar-refractivity contribution in [1.82, 2.24) is 24.1 Å². The van der Waals surface area contributed by atoms with Gasteiger partial charge in [0.05, 0.1) is 44.2 Å². The third kappa shape index (κ3) is 4.81. The summed E-state index contributed by atoms with van der Waals surface area (Å²) >= 11 is 0. The Morgan fingerprint density at radius 2 is 1.00 bits per heavy atom. The molecule has 0 saturated carbocycles.